The molecule has 1 amide bonds. The Morgan fingerprint density at radius 2 is 2.09 bits per heavy atom. The maximum Gasteiger partial charge on any atom is 0.240 e. The van der Waals surface area contributed by atoms with E-state index in [4.69, 9.17) is 4.74 Å². The van der Waals surface area contributed by atoms with Crippen LogP contribution in [0.2, 0.25) is 0 Å². The van der Waals surface area contributed by atoms with E-state index in [9.17, 15) is 13.2 Å². The second kappa shape index (κ2) is 7.71. The summed E-state index contributed by atoms with van der Waals surface area (Å²) in [7, 11) is -3.53. The van der Waals surface area contributed by atoms with Crippen LogP contribution in [0.25, 0.3) is 0 Å². The molecule has 1 aromatic carbocycles. The van der Waals surface area contributed by atoms with E-state index in [1.165, 1.54) is 19.1 Å². The lowest BCUT2D eigenvalue weighted by Gasteiger charge is -2.24. The largest absolute Gasteiger partial charge is 0.376 e. The molecule has 1 atom stereocenters. The van der Waals surface area contributed by atoms with Gasteiger partial charge < -0.3 is 9.64 Å². The van der Waals surface area contributed by atoms with Gasteiger partial charge in [-0.25, -0.2) is 13.1 Å². The first kappa shape index (κ1) is 16.9. The van der Waals surface area contributed by atoms with E-state index < -0.39 is 10.0 Å². The summed E-state index contributed by atoms with van der Waals surface area (Å²) in [6.07, 6.45) is 2.02. The molecule has 122 valence electrons. The van der Waals surface area contributed by atoms with Crippen LogP contribution in [-0.2, 0) is 19.6 Å². The zero-order chi connectivity index (χ0) is 16.0. The lowest BCUT2D eigenvalue weighted by Crippen LogP contribution is -2.41. The molecule has 0 aliphatic carbocycles. The monoisotopic (exact) mass is 326 g/mol. The van der Waals surface area contributed by atoms with E-state index >= 15 is 0 Å². The molecule has 1 saturated heterocycles. The number of amides is 1. The van der Waals surface area contributed by atoms with E-state index in [1.54, 1.807) is 23.1 Å². The minimum absolute atomic E-state index is 0.0645. The first-order valence-electron chi connectivity index (χ1n) is 7.41. The van der Waals surface area contributed by atoms with Gasteiger partial charge in [0.15, 0.2) is 0 Å². The fraction of sp³-hybridized carbons (Fsp3) is 0.533. The molecule has 2 rings (SSSR count). The van der Waals surface area contributed by atoms with E-state index in [0.717, 1.165) is 19.4 Å². The molecule has 1 N–H and O–H groups in total. The number of sulfonamides is 1. The fourth-order valence-electron chi connectivity index (χ4n) is 2.41. The Labute approximate surface area is 131 Å². The van der Waals surface area contributed by atoms with Gasteiger partial charge in [-0.05, 0) is 25.0 Å². The van der Waals surface area contributed by atoms with Crippen molar-refractivity contribution in [2.24, 2.45) is 0 Å². The van der Waals surface area contributed by atoms with Gasteiger partial charge in [0.2, 0.25) is 15.9 Å². The van der Waals surface area contributed by atoms with Gasteiger partial charge in [0.1, 0.15) is 0 Å². The summed E-state index contributed by atoms with van der Waals surface area (Å²) < 4.78 is 32.2. The van der Waals surface area contributed by atoms with Crippen LogP contribution in [0.3, 0.4) is 0 Å². The van der Waals surface area contributed by atoms with Crippen LogP contribution >= 0.6 is 0 Å². The smallest absolute Gasteiger partial charge is 0.240 e. The van der Waals surface area contributed by atoms with Gasteiger partial charge in [-0.15, -0.1) is 0 Å². The van der Waals surface area contributed by atoms with Crippen LogP contribution in [0.4, 0.5) is 0 Å². The number of nitrogens with one attached hydrogen (secondary N) is 1. The lowest BCUT2D eigenvalue weighted by atomic mass is 10.2. The molecular weight excluding hydrogens is 304 g/mol. The number of carbonyl (C=O) groups is 1. The normalized spacial score (nSPS) is 18.3. The molecule has 7 heteroatoms. The van der Waals surface area contributed by atoms with Crippen LogP contribution in [-0.4, -0.2) is 51.6 Å². The molecule has 22 heavy (non-hydrogen) atoms. The van der Waals surface area contributed by atoms with Crippen LogP contribution in [0.1, 0.15) is 19.8 Å². The molecule has 1 unspecified atom stereocenters. The molecule has 0 saturated carbocycles. The quantitative estimate of drug-likeness (QED) is 0.811. The van der Waals surface area contributed by atoms with Gasteiger partial charge in [0.25, 0.3) is 0 Å². The molecule has 0 bridgehead atoms. The highest BCUT2D eigenvalue weighted by atomic mass is 32.2. The number of hydrogen-bond donors (Lipinski definition) is 1. The van der Waals surface area contributed by atoms with E-state index in [-0.39, 0.29) is 23.5 Å². The van der Waals surface area contributed by atoms with Gasteiger partial charge in [0, 0.05) is 33.2 Å². The highest BCUT2D eigenvalue weighted by Crippen LogP contribution is 2.13. The second-order valence-electron chi connectivity index (χ2n) is 5.31. The number of hydrogen-bond acceptors (Lipinski definition) is 4. The third kappa shape index (κ3) is 4.79. The molecule has 1 aromatic rings. The van der Waals surface area contributed by atoms with Crippen LogP contribution in [0, 0.1) is 0 Å². The topological polar surface area (TPSA) is 75.7 Å². The Bertz CT molecular complexity index is 583. The number of nitrogens with zero attached hydrogens (tertiary/aromatic N) is 1. The average molecular weight is 326 g/mol. The summed E-state index contributed by atoms with van der Waals surface area (Å²) in [5, 5.41) is 0. The summed E-state index contributed by atoms with van der Waals surface area (Å²) >= 11 is 0. The standard InChI is InChI=1S/C15H22N2O4S/c1-13(18)17(12-14-6-5-11-21-14)10-9-16-22(19,20)15-7-3-2-4-8-15/h2-4,7-8,14,16H,5-6,9-12H2,1H3. The molecule has 0 radical (unpaired) electrons. The highest BCUT2D eigenvalue weighted by molar-refractivity contribution is 7.89. The van der Waals surface area contributed by atoms with Crippen molar-refractivity contribution < 1.29 is 17.9 Å². The third-order valence-electron chi connectivity index (χ3n) is 3.62. The van der Waals surface area contributed by atoms with Crippen molar-refractivity contribution in [2.75, 3.05) is 26.2 Å². The van der Waals surface area contributed by atoms with Crippen LogP contribution in [0.5, 0.6) is 0 Å². The maximum atomic E-state index is 12.1. The zero-order valence-corrected chi connectivity index (χ0v) is 13.5. The Kier molecular flexibility index (Phi) is 5.93. The van der Waals surface area contributed by atoms with Crippen LogP contribution in [0.15, 0.2) is 35.2 Å². The number of rotatable bonds is 7. The molecule has 1 heterocycles. The average Bonchev–Trinajstić information content (AvgIpc) is 3.00. The van der Waals surface area contributed by atoms with Crippen LogP contribution < -0.4 is 4.72 Å². The van der Waals surface area contributed by atoms with Gasteiger partial charge in [0.05, 0.1) is 11.0 Å². The van der Waals surface area contributed by atoms with Crippen molar-refractivity contribution >= 4 is 15.9 Å². The Balaban J connectivity index is 1.86. The predicted octanol–water partition coefficient (Wildman–Crippen LogP) is 0.992. The first-order chi connectivity index (χ1) is 10.5. The third-order valence-corrected chi connectivity index (χ3v) is 5.10. The Morgan fingerprint density at radius 1 is 1.36 bits per heavy atom. The van der Waals surface area contributed by atoms with E-state index in [1.807, 2.05) is 0 Å². The lowest BCUT2D eigenvalue weighted by molar-refractivity contribution is -0.130. The molecule has 1 aliphatic heterocycles. The summed E-state index contributed by atoms with van der Waals surface area (Å²) in [5.41, 5.74) is 0. The molecule has 1 aliphatic rings. The highest BCUT2D eigenvalue weighted by Gasteiger charge is 2.21. The van der Waals surface area contributed by atoms with Gasteiger partial charge in [-0.1, -0.05) is 18.2 Å². The SMILES string of the molecule is CC(=O)N(CCNS(=O)(=O)c1ccccc1)CC1CCCO1. The van der Waals surface area contributed by atoms with E-state index in [2.05, 4.69) is 4.72 Å². The fourth-order valence-corrected chi connectivity index (χ4v) is 3.45. The minimum atomic E-state index is -3.53. The maximum absolute atomic E-state index is 12.1. The Morgan fingerprint density at radius 3 is 2.68 bits per heavy atom. The summed E-state index contributed by atoms with van der Waals surface area (Å²) in [4.78, 5) is 13.5. The van der Waals surface area contributed by atoms with Crippen molar-refractivity contribution in [3.63, 3.8) is 0 Å². The predicted molar refractivity (Wildman–Crippen MR) is 82.9 cm³/mol. The van der Waals surface area contributed by atoms with Crippen molar-refractivity contribution in [3.8, 4) is 0 Å². The molecule has 0 aromatic heterocycles. The molecular formula is C15H22N2O4S. The van der Waals surface area contributed by atoms with Crippen molar-refractivity contribution in [3.05, 3.63) is 30.3 Å². The van der Waals surface area contributed by atoms with E-state index in [0.29, 0.717) is 13.1 Å². The van der Waals surface area contributed by atoms with Gasteiger partial charge in [-0.2, -0.15) is 0 Å². The minimum Gasteiger partial charge on any atom is -0.376 e. The number of ether oxygens (including phenoxy) is 1. The van der Waals surface area contributed by atoms with Crippen molar-refractivity contribution in [1.82, 2.24) is 9.62 Å². The molecule has 1 fully saturated rings. The van der Waals surface area contributed by atoms with Gasteiger partial charge >= 0.3 is 0 Å². The Hall–Kier alpha value is -1.44. The molecule has 0 spiro atoms. The zero-order valence-electron chi connectivity index (χ0n) is 12.7. The van der Waals surface area contributed by atoms with Crippen molar-refractivity contribution in [1.29, 1.82) is 0 Å². The summed E-state index contributed by atoms with van der Waals surface area (Å²) in [6, 6.07) is 8.19. The van der Waals surface area contributed by atoms with Crippen molar-refractivity contribution in [2.45, 2.75) is 30.8 Å². The number of benzene rings is 1. The van der Waals surface area contributed by atoms with Gasteiger partial charge in [-0.3, -0.25) is 4.79 Å². The molecule has 6 nitrogen and oxygen atoms in total. The summed E-state index contributed by atoms with van der Waals surface area (Å²) in [6.45, 7) is 3.25. The summed E-state index contributed by atoms with van der Waals surface area (Å²) in [5.74, 6) is -0.0746. The first-order valence-corrected chi connectivity index (χ1v) is 8.89. The number of carbonyl (C=O) groups excluding carboxylic acids is 1. The second-order valence-corrected chi connectivity index (χ2v) is 7.08.